The molecule has 4 rings (SSSR count). The number of halogens is 2. The van der Waals surface area contributed by atoms with E-state index < -0.39 is 11.6 Å². The summed E-state index contributed by atoms with van der Waals surface area (Å²) in [5.74, 6) is 0.266. The predicted molar refractivity (Wildman–Crippen MR) is 96.1 cm³/mol. The maximum atomic E-state index is 14.1. The normalized spacial score (nSPS) is 12.6. The number of ether oxygens (including phenoxy) is 2. The first-order valence-corrected chi connectivity index (χ1v) is 8.63. The fourth-order valence-electron chi connectivity index (χ4n) is 3.27. The van der Waals surface area contributed by atoms with Crippen LogP contribution in [0.1, 0.15) is 22.5 Å². The first-order chi connectivity index (χ1) is 13.0. The van der Waals surface area contributed by atoms with Crippen molar-refractivity contribution in [3.8, 4) is 17.2 Å². The van der Waals surface area contributed by atoms with Gasteiger partial charge in [-0.15, -0.1) is 0 Å². The Hall–Kier alpha value is -2.93. The molecule has 7 heteroatoms. The van der Waals surface area contributed by atoms with Crippen molar-refractivity contribution in [1.29, 1.82) is 0 Å². The number of fused-ring (bicyclic) bond motifs is 1. The van der Waals surface area contributed by atoms with E-state index in [0.29, 0.717) is 13.1 Å². The summed E-state index contributed by atoms with van der Waals surface area (Å²) < 4.78 is 39.7. The molecule has 3 aromatic rings. The molecule has 0 saturated carbocycles. The first kappa shape index (κ1) is 17.5. The monoisotopic (exact) mass is 371 g/mol. The van der Waals surface area contributed by atoms with Gasteiger partial charge in [-0.05, 0) is 32.0 Å². The van der Waals surface area contributed by atoms with Gasteiger partial charge in [0.15, 0.2) is 17.3 Å². The summed E-state index contributed by atoms with van der Waals surface area (Å²) in [5, 5.41) is 7.80. The molecule has 27 heavy (non-hydrogen) atoms. The molecule has 1 aliphatic heterocycles. The number of nitrogens with one attached hydrogen (secondary N) is 1. The molecule has 0 fully saturated rings. The van der Waals surface area contributed by atoms with E-state index in [9.17, 15) is 8.78 Å². The quantitative estimate of drug-likeness (QED) is 0.741. The van der Waals surface area contributed by atoms with Crippen LogP contribution in [0, 0.1) is 25.5 Å². The first-order valence-electron chi connectivity index (χ1n) is 8.63. The third-order valence-electron chi connectivity index (χ3n) is 4.67. The summed E-state index contributed by atoms with van der Waals surface area (Å²) in [7, 11) is 0. The van der Waals surface area contributed by atoms with Gasteiger partial charge in [-0.25, -0.2) is 13.5 Å². The molecule has 0 saturated heterocycles. The number of hydrogen-bond donors (Lipinski definition) is 1. The van der Waals surface area contributed by atoms with E-state index in [-0.39, 0.29) is 12.5 Å². The highest BCUT2D eigenvalue weighted by atomic mass is 19.1. The van der Waals surface area contributed by atoms with Gasteiger partial charge in [-0.2, -0.15) is 5.10 Å². The predicted octanol–water partition coefficient (Wildman–Crippen LogP) is 3.79. The standard InChI is InChI=1S/C20H19F2N3O2/c1-12-16(10-23-9-14-4-3-5-19-20(14)27-11-26-19)13(2)25(24-12)18-7-6-15(21)8-17(18)22/h3-8,23H,9-11H2,1-2H3. The number of nitrogens with zero attached hydrogens (tertiary/aromatic N) is 2. The van der Waals surface area contributed by atoms with Crippen LogP contribution in [0.5, 0.6) is 11.5 Å². The summed E-state index contributed by atoms with van der Waals surface area (Å²) in [6, 6.07) is 9.27. The zero-order chi connectivity index (χ0) is 19.0. The summed E-state index contributed by atoms with van der Waals surface area (Å²) in [5.41, 5.74) is 3.82. The van der Waals surface area contributed by atoms with E-state index in [1.165, 1.54) is 16.8 Å². The number of aryl methyl sites for hydroxylation is 1. The molecule has 2 heterocycles. The lowest BCUT2D eigenvalue weighted by Crippen LogP contribution is -2.14. The maximum absolute atomic E-state index is 14.1. The molecule has 140 valence electrons. The molecule has 5 nitrogen and oxygen atoms in total. The van der Waals surface area contributed by atoms with Crippen molar-refractivity contribution in [1.82, 2.24) is 15.1 Å². The Morgan fingerprint density at radius 3 is 2.78 bits per heavy atom. The van der Waals surface area contributed by atoms with Gasteiger partial charge in [0.1, 0.15) is 11.5 Å². The Morgan fingerprint density at radius 1 is 1.11 bits per heavy atom. The lowest BCUT2D eigenvalue weighted by molar-refractivity contribution is 0.173. The second-order valence-electron chi connectivity index (χ2n) is 6.41. The Kier molecular flexibility index (Phi) is 4.53. The van der Waals surface area contributed by atoms with Crippen molar-refractivity contribution < 1.29 is 18.3 Å². The largest absolute Gasteiger partial charge is 0.454 e. The van der Waals surface area contributed by atoms with Crippen LogP contribution < -0.4 is 14.8 Å². The van der Waals surface area contributed by atoms with Gasteiger partial charge >= 0.3 is 0 Å². The summed E-state index contributed by atoms with van der Waals surface area (Å²) >= 11 is 0. The van der Waals surface area contributed by atoms with E-state index in [0.717, 1.165) is 40.1 Å². The van der Waals surface area contributed by atoms with Gasteiger partial charge in [0.05, 0.1) is 5.69 Å². The molecule has 1 aromatic heterocycles. The van der Waals surface area contributed by atoms with Crippen LogP contribution in [-0.2, 0) is 13.1 Å². The minimum atomic E-state index is -0.642. The molecular weight excluding hydrogens is 352 g/mol. The molecule has 1 N–H and O–H groups in total. The number of rotatable bonds is 5. The van der Waals surface area contributed by atoms with Crippen LogP contribution in [0.3, 0.4) is 0 Å². The number of hydrogen-bond acceptors (Lipinski definition) is 4. The molecule has 1 aliphatic rings. The van der Waals surface area contributed by atoms with Crippen LogP contribution >= 0.6 is 0 Å². The zero-order valence-corrected chi connectivity index (χ0v) is 15.1. The molecule has 0 amide bonds. The molecule has 0 radical (unpaired) electrons. The highest BCUT2D eigenvalue weighted by Crippen LogP contribution is 2.35. The number of para-hydroxylation sites is 1. The molecule has 0 bridgehead atoms. The van der Waals surface area contributed by atoms with Crippen molar-refractivity contribution in [2.24, 2.45) is 0 Å². The fraction of sp³-hybridized carbons (Fsp3) is 0.250. The number of aromatic nitrogens is 2. The second kappa shape index (κ2) is 7.00. The summed E-state index contributed by atoms with van der Waals surface area (Å²) in [6.45, 7) is 5.14. The van der Waals surface area contributed by atoms with Crippen LogP contribution in [0.15, 0.2) is 36.4 Å². The molecular formula is C20H19F2N3O2. The average Bonchev–Trinajstić information content (AvgIpc) is 3.22. The van der Waals surface area contributed by atoms with Crippen molar-refractivity contribution in [3.63, 3.8) is 0 Å². The van der Waals surface area contributed by atoms with E-state index >= 15 is 0 Å². The SMILES string of the molecule is Cc1nn(-c2ccc(F)cc2F)c(C)c1CNCc1cccc2c1OCO2. The molecule has 2 aromatic carbocycles. The maximum Gasteiger partial charge on any atom is 0.231 e. The van der Waals surface area contributed by atoms with Crippen LogP contribution in [0.2, 0.25) is 0 Å². The lowest BCUT2D eigenvalue weighted by Gasteiger charge is -2.09. The third-order valence-corrected chi connectivity index (χ3v) is 4.67. The van der Waals surface area contributed by atoms with Gasteiger partial charge < -0.3 is 14.8 Å². The summed E-state index contributed by atoms with van der Waals surface area (Å²) in [4.78, 5) is 0. The molecule has 0 spiro atoms. The van der Waals surface area contributed by atoms with Gasteiger partial charge in [0.25, 0.3) is 0 Å². The topological polar surface area (TPSA) is 48.3 Å². The van der Waals surface area contributed by atoms with Gasteiger partial charge in [0, 0.05) is 36.0 Å². The summed E-state index contributed by atoms with van der Waals surface area (Å²) in [6.07, 6.45) is 0. The van der Waals surface area contributed by atoms with E-state index in [2.05, 4.69) is 10.4 Å². The minimum Gasteiger partial charge on any atom is -0.454 e. The third kappa shape index (κ3) is 3.26. The van der Waals surface area contributed by atoms with Gasteiger partial charge in [-0.3, -0.25) is 0 Å². The van der Waals surface area contributed by atoms with Crippen LogP contribution in [0.25, 0.3) is 5.69 Å². The van der Waals surface area contributed by atoms with E-state index in [1.807, 2.05) is 32.0 Å². The van der Waals surface area contributed by atoms with E-state index in [4.69, 9.17) is 9.47 Å². The fourth-order valence-corrected chi connectivity index (χ4v) is 3.27. The van der Waals surface area contributed by atoms with Crippen LogP contribution in [0.4, 0.5) is 8.78 Å². The average molecular weight is 371 g/mol. The Labute approximate surface area is 155 Å². The van der Waals surface area contributed by atoms with Gasteiger partial charge in [0.2, 0.25) is 6.79 Å². The van der Waals surface area contributed by atoms with Crippen molar-refractivity contribution in [3.05, 3.63) is 70.5 Å². The smallest absolute Gasteiger partial charge is 0.231 e. The number of benzene rings is 2. The van der Waals surface area contributed by atoms with Crippen molar-refractivity contribution in [2.75, 3.05) is 6.79 Å². The zero-order valence-electron chi connectivity index (χ0n) is 15.1. The van der Waals surface area contributed by atoms with Gasteiger partial charge in [-0.1, -0.05) is 12.1 Å². The van der Waals surface area contributed by atoms with Crippen molar-refractivity contribution >= 4 is 0 Å². The minimum absolute atomic E-state index is 0.231. The Balaban J connectivity index is 1.52. The van der Waals surface area contributed by atoms with Crippen LogP contribution in [-0.4, -0.2) is 16.6 Å². The Bertz CT molecular complexity index is 1000. The molecule has 0 aliphatic carbocycles. The second-order valence-corrected chi connectivity index (χ2v) is 6.41. The Morgan fingerprint density at radius 2 is 1.96 bits per heavy atom. The van der Waals surface area contributed by atoms with Crippen molar-refractivity contribution in [2.45, 2.75) is 26.9 Å². The highest BCUT2D eigenvalue weighted by Gasteiger charge is 2.18. The highest BCUT2D eigenvalue weighted by molar-refractivity contribution is 5.48. The molecule has 0 unspecified atom stereocenters. The van der Waals surface area contributed by atoms with E-state index in [1.54, 1.807) is 0 Å². The lowest BCUT2D eigenvalue weighted by atomic mass is 10.1. The molecule has 0 atom stereocenters.